The van der Waals surface area contributed by atoms with Crippen LogP contribution in [0, 0.1) is 6.92 Å². The molecule has 1 aromatic carbocycles. The molecule has 28 heavy (non-hydrogen) atoms. The van der Waals surface area contributed by atoms with Crippen molar-refractivity contribution in [2.45, 2.75) is 6.92 Å². The molecule has 0 radical (unpaired) electrons. The van der Waals surface area contributed by atoms with Crippen LogP contribution in [0.1, 0.15) is 5.69 Å². The molecule has 1 saturated heterocycles. The van der Waals surface area contributed by atoms with Gasteiger partial charge in [0.05, 0.1) is 7.11 Å². The molecule has 1 aliphatic rings. The standard InChI is InChI=1S/C20H27N5O3/c1-15-12-18(23(2)3)22-20(21-15)25-10-8-24(9-11-25)19(26)14-28-17-7-5-6-16(13-17)27-4/h5-7,12-13H,8-11,14H2,1-4H3. The highest BCUT2D eigenvalue weighted by Gasteiger charge is 2.23. The molecule has 2 heterocycles. The average Bonchev–Trinajstić information content (AvgIpc) is 2.71. The summed E-state index contributed by atoms with van der Waals surface area (Å²) in [5.74, 6) is 2.89. The van der Waals surface area contributed by atoms with Gasteiger partial charge in [-0.15, -0.1) is 0 Å². The summed E-state index contributed by atoms with van der Waals surface area (Å²) < 4.78 is 10.8. The van der Waals surface area contributed by atoms with Crippen LogP contribution in [0.4, 0.5) is 11.8 Å². The molecule has 8 heteroatoms. The Labute approximate surface area is 165 Å². The molecule has 1 fully saturated rings. The summed E-state index contributed by atoms with van der Waals surface area (Å²) in [6, 6.07) is 9.21. The van der Waals surface area contributed by atoms with Crippen LogP contribution in [-0.4, -0.2) is 74.8 Å². The molecular formula is C20H27N5O3. The Bertz CT molecular complexity index is 819. The van der Waals surface area contributed by atoms with E-state index < -0.39 is 0 Å². The maximum Gasteiger partial charge on any atom is 0.260 e. The van der Waals surface area contributed by atoms with Crippen molar-refractivity contribution in [3.63, 3.8) is 0 Å². The molecule has 0 aliphatic carbocycles. The lowest BCUT2D eigenvalue weighted by atomic mass is 10.3. The molecule has 0 saturated carbocycles. The van der Waals surface area contributed by atoms with Crippen LogP contribution in [-0.2, 0) is 4.79 Å². The summed E-state index contributed by atoms with van der Waals surface area (Å²) >= 11 is 0. The Morgan fingerprint density at radius 1 is 1.11 bits per heavy atom. The van der Waals surface area contributed by atoms with E-state index in [1.807, 2.05) is 55.1 Å². The Morgan fingerprint density at radius 3 is 2.50 bits per heavy atom. The lowest BCUT2D eigenvalue weighted by molar-refractivity contribution is -0.133. The van der Waals surface area contributed by atoms with E-state index in [1.165, 1.54) is 0 Å². The number of hydrogen-bond donors (Lipinski definition) is 0. The Morgan fingerprint density at radius 2 is 1.82 bits per heavy atom. The first-order valence-corrected chi connectivity index (χ1v) is 9.29. The molecule has 0 N–H and O–H groups in total. The quantitative estimate of drug-likeness (QED) is 0.748. The third kappa shape index (κ3) is 4.82. The van der Waals surface area contributed by atoms with Gasteiger partial charge in [0.15, 0.2) is 6.61 Å². The van der Waals surface area contributed by atoms with Crippen molar-refractivity contribution in [2.24, 2.45) is 0 Å². The van der Waals surface area contributed by atoms with E-state index in [9.17, 15) is 4.79 Å². The summed E-state index contributed by atoms with van der Waals surface area (Å²) in [4.78, 5) is 27.6. The molecule has 1 amide bonds. The van der Waals surface area contributed by atoms with Crippen molar-refractivity contribution in [3.05, 3.63) is 36.0 Å². The normalized spacial score (nSPS) is 14.0. The van der Waals surface area contributed by atoms with Gasteiger partial charge in [-0.2, -0.15) is 4.98 Å². The Balaban J connectivity index is 1.54. The van der Waals surface area contributed by atoms with Gasteiger partial charge in [-0.05, 0) is 19.1 Å². The largest absolute Gasteiger partial charge is 0.497 e. The number of anilines is 2. The van der Waals surface area contributed by atoms with Crippen molar-refractivity contribution >= 4 is 17.7 Å². The molecular weight excluding hydrogens is 358 g/mol. The third-order valence-electron chi connectivity index (χ3n) is 4.61. The SMILES string of the molecule is COc1cccc(OCC(=O)N2CCN(c3nc(C)cc(N(C)C)n3)CC2)c1. The number of aromatic nitrogens is 2. The number of methoxy groups -OCH3 is 1. The highest BCUT2D eigenvalue weighted by molar-refractivity contribution is 5.78. The number of piperazine rings is 1. The maximum atomic E-state index is 12.5. The molecule has 0 unspecified atom stereocenters. The van der Waals surface area contributed by atoms with Gasteiger partial charge in [0.25, 0.3) is 5.91 Å². The fourth-order valence-corrected chi connectivity index (χ4v) is 2.99. The van der Waals surface area contributed by atoms with Gasteiger partial charge in [0.2, 0.25) is 5.95 Å². The van der Waals surface area contributed by atoms with Crippen LogP contribution in [0.5, 0.6) is 11.5 Å². The van der Waals surface area contributed by atoms with Gasteiger partial charge < -0.3 is 24.2 Å². The van der Waals surface area contributed by atoms with Crippen LogP contribution in [0.25, 0.3) is 0 Å². The van der Waals surface area contributed by atoms with Crippen LogP contribution < -0.4 is 19.3 Å². The number of rotatable bonds is 6. The molecule has 1 aliphatic heterocycles. The number of amides is 1. The van der Waals surface area contributed by atoms with E-state index in [0.29, 0.717) is 43.6 Å². The van der Waals surface area contributed by atoms with Gasteiger partial charge >= 0.3 is 0 Å². The molecule has 1 aromatic heterocycles. The summed E-state index contributed by atoms with van der Waals surface area (Å²) in [6.07, 6.45) is 0. The molecule has 0 atom stereocenters. The summed E-state index contributed by atoms with van der Waals surface area (Å²) in [5.41, 5.74) is 0.930. The fourth-order valence-electron chi connectivity index (χ4n) is 2.99. The predicted molar refractivity (Wildman–Crippen MR) is 108 cm³/mol. The third-order valence-corrected chi connectivity index (χ3v) is 4.61. The zero-order valence-corrected chi connectivity index (χ0v) is 16.9. The Kier molecular flexibility index (Phi) is 6.18. The van der Waals surface area contributed by atoms with Crippen LogP contribution in [0.2, 0.25) is 0 Å². The number of ether oxygens (including phenoxy) is 2. The minimum Gasteiger partial charge on any atom is -0.497 e. The van der Waals surface area contributed by atoms with Crippen LogP contribution in [0.3, 0.4) is 0 Å². The van der Waals surface area contributed by atoms with Crippen LogP contribution in [0.15, 0.2) is 30.3 Å². The molecule has 150 valence electrons. The van der Waals surface area contributed by atoms with Gasteiger partial charge in [-0.1, -0.05) is 6.07 Å². The van der Waals surface area contributed by atoms with E-state index in [2.05, 4.69) is 14.9 Å². The second-order valence-corrected chi connectivity index (χ2v) is 6.90. The van der Waals surface area contributed by atoms with E-state index >= 15 is 0 Å². The summed E-state index contributed by atoms with van der Waals surface area (Å²) in [6.45, 7) is 4.61. The zero-order chi connectivity index (χ0) is 20.1. The minimum atomic E-state index is -0.0263. The number of carbonyl (C=O) groups is 1. The first-order valence-electron chi connectivity index (χ1n) is 9.29. The molecule has 0 bridgehead atoms. The molecule has 2 aromatic rings. The maximum absolute atomic E-state index is 12.5. The second kappa shape index (κ2) is 8.77. The number of hydrogen-bond acceptors (Lipinski definition) is 7. The van der Waals surface area contributed by atoms with E-state index in [-0.39, 0.29) is 12.5 Å². The lowest BCUT2D eigenvalue weighted by Crippen LogP contribution is -2.50. The first-order chi connectivity index (χ1) is 13.5. The van der Waals surface area contributed by atoms with Gasteiger partial charge in [0, 0.05) is 58.1 Å². The van der Waals surface area contributed by atoms with E-state index in [1.54, 1.807) is 13.2 Å². The Hall–Kier alpha value is -3.03. The smallest absolute Gasteiger partial charge is 0.260 e. The molecule has 8 nitrogen and oxygen atoms in total. The van der Waals surface area contributed by atoms with Gasteiger partial charge in [-0.3, -0.25) is 4.79 Å². The number of aryl methyl sites for hydroxylation is 1. The van der Waals surface area contributed by atoms with Gasteiger partial charge in [0.1, 0.15) is 17.3 Å². The van der Waals surface area contributed by atoms with Crippen molar-refractivity contribution in [3.8, 4) is 11.5 Å². The number of carbonyl (C=O) groups excluding carboxylic acids is 1. The van der Waals surface area contributed by atoms with E-state index in [4.69, 9.17) is 9.47 Å². The topological polar surface area (TPSA) is 71.0 Å². The fraction of sp³-hybridized carbons (Fsp3) is 0.450. The number of benzene rings is 1. The highest BCUT2D eigenvalue weighted by atomic mass is 16.5. The van der Waals surface area contributed by atoms with Gasteiger partial charge in [-0.25, -0.2) is 4.98 Å². The predicted octanol–water partition coefficient (Wildman–Crippen LogP) is 1.59. The zero-order valence-electron chi connectivity index (χ0n) is 16.9. The summed E-state index contributed by atoms with van der Waals surface area (Å²) in [5, 5.41) is 0. The summed E-state index contributed by atoms with van der Waals surface area (Å²) in [7, 11) is 5.53. The second-order valence-electron chi connectivity index (χ2n) is 6.90. The minimum absolute atomic E-state index is 0.0128. The number of nitrogens with zero attached hydrogens (tertiary/aromatic N) is 5. The lowest BCUT2D eigenvalue weighted by Gasteiger charge is -2.35. The van der Waals surface area contributed by atoms with Crippen molar-refractivity contribution in [2.75, 3.05) is 63.8 Å². The monoisotopic (exact) mass is 385 g/mol. The highest BCUT2D eigenvalue weighted by Crippen LogP contribution is 2.20. The van der Waals surface area contributed by atoms with Crippen LogP contribution >= 0.6 is 0 Å². The first kappa shape index (κ1) is 19.7. The van der Waals surface area contributed by atoms with Crippen molar-refractivity contribution in [1.82, 2.24) is 14.9 Å². The molecule has 3 rings (SSSR count). The molecule has 0 spiro atoms. The van der Waals surface area contributed by atoms with E-state index in [0.717, 1.165) is 11.5 Å². The van der Waals surface area contributed by atoms with Crippen molar-refractivity contribution in [1.29, 1.82) is 0 Å². The average molecular weight is 385 g/mol. The van der Waals surface area contributed by atoms with Crippen molar-refractivity contribution < 1.29 is 14.3 Å².